The molecular weight excluding hydrogens is 365 g/mol. The van der Waals surface area contributed by atoms with E-state index < -0.39 is 0 Å². The molecule has 1 aliphatic heterocycles. The Morgan fingerprint density at radius 2 is 1.97 bits per heavy atom. The third-order valence-electron chi connectivity index (χ3n) is 5.21. The van der Waals surface area contributed by atoms with Crippen LogP contribution < -0.4 is 5.32 Å². The zero-order valence-corrected chi connectivity index (χ0v) is 16.2. The molecule has 4 nitrogen and oxygen atoms in total. The number of halogens is 1. The highest BCUT2D eigenvalue weighted by molar-refractivity contribution is 5.90. The molecule has 1 atom stereocenters. The second kappa shape index (κ2) is 7.87. The van der Waals surface area contributed by atoms with Crippen molar-refractivity contribution in [1.82, 2.24) is 9.88 Å². The summed E-state index contributed by atoms with van der Waals surface area (Å²) in [5.41, 5.74) is 5.02. The van der Waals surface area contributed by atoms with Crippen LogP contribution in [-0.2, 0) is 11.3 Å². The summed E-state index contributed by atoms with van der Waals surface area (Å²) < 4.78 is 13.5. The maximum atomic E-state index is 13.5. The van der Waals surface area contributed by atoms with Gasteiger partial charge in [-0.25, -0.2) is 9.37 Å². The second-order valence-corrected chi connectivity index (χ2v) is 7.27. The molecule has 2 aromatic carbocycles. The molecule has 1 unspecified atom stereocenters. The van der Waals surface area contributed by atoms with Crippen molar-refractivity contribution < 1.29 is 9.18 Å². The van der Waals surface area contributed by atoms with Crippen LogP contribution in [-0.4, -0.2) is 15.8 Å². The zero-order chi connectivity index (χ0) is 20.4. The fourth-order valence-electron chi connectivity index (χ4n) is 3.74. The number of pyridine rings is 1. The highest BCUT2D eigenvalue weighted by Gasteiger charge is 2.30. The molecule has 1 N–H and O–H groups in total. The number of fused-ring (bicyclic) bond motifs is 1. The predicted octanol–water partition coefficient (Wildman–Crippen LogP) is 5.09. The summed E-state index contributed by atoms with van der Waals surface area (Å²) in [6.07, 6.45) is 1.87. The van der Waals surface area contributed by atoms with E-state index in [1.54, 1.807) is 18.3 Å². The van der Waals surface area contributed by atoms with Crippen LogP contribution in [0.1, 0.15) is 34.7 Å². The van der Waals surface area contributed by atoms with Gasteiger partial charge in [-0.1, -0.05) is 43.0 Å². The lowest BCUT2D eigenvalue weighted by Crippen LogP contribution is -2.27. The van der Waals surface area contributed by atoms with E-state index in [1.807, 2.05) is 37.3 Å². The van der Waals surface area contributed by atoms with E-state index in [9.17, 15) is 9.18 Å². The smallest absolute Gasteiger partial charge is 0.227 e. The Balaban J connectivity index is 1.60. The summed E-state index contributed by atoms with van der Waals surface area (Å²) in [7, 11) is 0. The van der Waals surface area contributed by atoms with Crippen LogP contribution >= 0.6 is 0 Å². The first-order valence-electron chi connectivity index (χ1n) is 9.53. The molecule has 0 saturated carbocycles. The number of carbonyl (C=O) groups is 1. The fourth-order valence-corrected chi connectivity index (χ4v) is 3.74. The summed E-state index contributed by atoms with van der Waals surface area (Å²) in [5.74, 6) is 0.0713. The molecule has 29 heavy (non-hydrogen) atoms. The monoisotopic (exact) mass is 387 g/mol. The van der Waals surface area contributed by atoms with Crippen LogP contribution in [0.4, 0.5) is 10.2 Å². The minimum atomic E-state index is -0.301. The molecule has 0 spiro atoms. The van der Waals surface area contributed by atoms with Gasteiger partial charge >= 0.3 is 0 Å². The topological polar surface area (TPSA) is 45.2 Å². The Hall–Kier alpha value is -3.47. The summed E-state index contributed by atoms with van der Waals surface area (Å²) >= 11 is 0. The van der Waals surface area contributed by atoms with Crippen molar-refractivity contribution in [2.45, 2.75) is 25.9 Å². The molecule has 0 saturated heterocycles. The molecule has 2 heterocycles. The van der Waals surface area contributed by atoms with Crippen molar-refractivity contribution in [3.63, 3.8) is 0 Å². The SMILES string of the molecule is C=C1c2ccccc2CN1C(CC(=O)Nc1cc(C)ccn1)c1ccc(F)cc1. The number of nitrogens with zero attached hydrogens (tertiary/aromatic N) is 2. The molecule has 0 fully saturated rings. The number of rotatable bonds is 5. The first-order valence-corrected chi connectivity index (χ1v) is 9.53. The van der Waals surface area contributed by atoms with Crippen molar-refractivity contribution >= 4 is 17.4 Å². The Kier molecular flexibility index (Phi) is 5.12. The van der Waals surface area contributed by atoms with Crippen molar-refractivity contribution in [2.24, 2.45) is 0 Å². The van der Waals surface area contributed by atoms with Gasteiger partial charge in [0.05, 0.1) is 12.5 Å². The van der Waals surface area contributed by atoms with Gasteiger partial charge in [0.2, 0.25) is 5.91 Å². The number of aryl methyl sites for hydroxylation is 1. The van der Waals surface area contributed by atoms with Crippen LogP contribution in [0.15, 0.2) is 73.4 Å². The molecule has 5 heteroatoms. The Labute approximate surface area is 169 Å². The Morgan fingerprint density at radius 1 is 1.21 bits per heavy atom. The van der Waals surface area contributed by atoms with E-state index in [0.29, 0.717) is 12.4 Å². The second-order valence-electron chi connectivity index (χ2n) is 7.27. The predicted molar refractivity (Wildman–Crippen MR) is 112 cm³/mol. The van der Waals surface area contributed by atoms with Crippen LogP contribution in [0.2, 0.25) is 0 Å². The summed E-state index contributed by atoms with van der Waals surface area (Å²) in [6, 6.07) is 17.8. The molecule has 1 aliphatic rings. The minimum Gasteiger partial charge on any atom is -0.360 e. The molecule has 4 rings (SSSR count). The van der Waals surface area contributed by atoms with Gasteiger partial charge in [0.15, 0.2) is 0 Å². The molecule has 146 valence electrons. The number of carbonyl (C=O) groups excluding carboxylic acids is 1. The van der Waals surface area contributed by atoms with Crippen molar-refractivity contribution in [2.75, 3.05) is 5.32 Å². The van der Waals surface area contributed by atoms with Crippen molar-refractivity contribution in [1.29, 1.82) is 0 Å². The molecule has 1 amide bonds. The zero-order valence-electron chi connectivity index (χ0n) is 16.2. The largest absolute Gasteiger partial charge is 0.360 e. The van der Waals surface area contributed by atoms with Gasteiger partial charge in [0.1, 0.15) is 11.6 Å². The summed E-state index contributed by atoms with van der Waals surface area (Å²) in [5, 5.41) is 2.87. The third kappa shape index (κ3) is 4.04. The minimum absolute atomic E-state index is 0.152. The highest BCUT2D eigenvalue weighted by atomic mass is 19.1. The van der Waals surface area contributed by atoms with E-state index in [4.69, 9.17) is 0 Å². The Morgan fingerprint density at radius 3 is 2.69 bits per heavy atom. The maximum Gasteiger partial charge on any atom is 0.227 e. The number of nitrogens with one attached hydrogen (secondary N) is 1. The molecule has 3 aromatic rings. The average Bonchev–Trinajstić information content (AvgIpc) is 3.04. The van der Waals surface area contributed by atoms with Gasteiger partial charge in [0.25, 0.3) is 0 Å². The first kappa shape index (κ1) is 18.9. The molecule has 0 radical (unpaired) electrons. The number of hydrogen-bond donors (Lipinski definition) is 1. The molecule has 1 aromatic heterocycles. The maximum absolute atomic E-state index is 13.5. The lowest BCUT2D eigenvalue weighted by atomic mass is 10.0. The highest BCUT2D eigenvalue weighted by Crippen LogP contribution is 2.39. The normalized spacial score (nSPS) is 13.9. The molecular formula is C24H22FN3O. The van der Waals surface area contributed by atoms with E-state index in [2.05, 4.69) is 27.8 Å². The van der Waals surface area contributed by atoms with Crippen molar-refractivity contribution in [3.8, 4) is 0 Å². The number of hydrogen-bond acceptors (Lipinski definition) is 3. The molecule has 0 aliphatic carbocycles. The number of benzene rings is 2. The lowest BCUT2D eigenvalue weighted by Gasteiger charge is -2.30. The number of aromatic nitrogens is 1. The van der Waals surface area contributed by atoms with E-state index in [-0.39, 0.29) is 24.2 Å². The standard InChI is InChI=1S/C24H22FN3O/c1-16-11-12-26-23(13-16)27-24(29)14-22(18-7-9-20(25)10-8-18)28-15-19-5-3-4-6-21(19)17(28)2/h3-13,22H,2,14-15H2,1H3,(H,26,27,29). The van der Waals surface area contributed by atoms with E-state index >= 15 is 0 Å². The van der Waals surface area contributed by atoms with Gasteiger partial charge in [-0.2, -0.15) is 0 Å². The third-order valence-corrected chi connectivity index (χ3v) is 5.21. The van der Waals surface area contributed by atoms with Crippen molar-refractivity contribution in [3.05, 3.63) is 102 Å². The van der Waals surface area contributed by atoms with Crippen LogP contribution in [0.3, 0.4) is 0 Å². The lowest BCUT2D eigenvalue weighted by molar-refractivity contribution is -0.117. The van der Waals surface area contributed by atoms with Gasteiger partial charge in [0, 0.05) is 24.0 Å². The average molecular weight is 387 g/mol. The summed E-state index contributed by atoms with van der Waals surface area (Å²) in [4.78, 5) is 19.1. The van der Waals surface area contributed by atoms with Gasteiger partial charge < -0.3 is 10.2 Å². The molecule has 0 bridgehead atoms. The number of anilines is 1. The number of amides is 1. The van der Waals surface area contributed by atoms with Crippen LogP contribution in [0.5, 0.6) is 0 Å². The van der Waals surface area contributed by atoms with E-state index in [1.165, 1.54) is 17.7 Å². The Bertz CT molecular complexity index is 1060. The van der Waals surface area contributed by atoms with Gasteiger partial charge in [-0.15, -0.1) is 0 Å². The van der Waals surface area contributed by atoms with E-state index in [0.717, 1.165) is 22.4 Å². The van der Waals surface area contributed by atoms with Gasteiger partial charge in [-0.3, -0.25) is 4.79 Å². The van der Waals surface area contributed by atoms with Crippen LogP contribution in [0, 0.1) is 12.7 Å². The fraction of sp³-hybridized carbons (Fsp3) is 0.167. The first-order chi connectivity index (χ1) is 14.0. The summed E-state index contributed by atoms with van der Waals surface area (Å²) in [6.45, 7) is 6.86. The van der Waals surface area contributed by atoms with Gasteiger partial charge in [-0.05, 0) is 47.9 Å². The van der Waals surface area contributed by atoms with Crippen LogP contribution in [0.25, 0.3) is 5.70 Å². The quantitative estimate of drug-likeness (QED) is 0.664.